The van der Waals surface area contributed by atoms with Crippen molar-refractivity contribution in [2.24, 2.45) is 17.8 Å². The first-order valence-electron chi connectivity index (χ1n) is 11.5. The van der Waals surface area contributed by atoms with E-state index < -0.39 is 0 Å². The van der Waals surface area contributed by atoms with Crippen LogP contribution >= 0.6 is 0 Å². The average molecular weight is 391 g/mol. The molecule has 4 nitrogen and oxygen atoms in total. The molecule has 3 unspecified atom stereocenters. The Balaban J connectivity index is 0.000000238. The van der Waals surface area contributed by atoms with Crippen molar-refractivity contribution >= 4 is 11.8 Å². The summed E-state index contributed by atoms with van der Waals surface area (Å²) >= 11 is 0. The molecule has 2 N–H and O–H groups in total. The van der Waals surface area contributed by atoms with E-state index in [1.54, 1.807) is 14.1 Å². The predicted molar refractivity (Wildman–Crippen MR) is 118 cm³/mol. The van der Waals surface area contributed by atoms with Crippen LogP contribution in [0.2, 0.25) is 0 Å². The maximum atomic E-state index is 11.3. The van der Waals surface area contributed by atoms with E-state index in [1.807, 2.05) is 27.7 Å². The van der Waals surface area contributed by atoms with Crippen LogP contribution in [0.15, 0.2) is 22.8 Å². The van der Waals surface area contributed by atoms with E-state index in [1.165, 1.54) is 56.9 Å². The summed E-state index contributed by atoms with van der Waals surface area (Å²) in [6.07, 6.45) is 13.5. The van der Waals surface area contributed by atoms with E-state index in [4.69, 9.17) is 0 Å². The lowest BCUT2D eigenvalue weighted by molar-refractivity contribution is -0.118. The number of hydrogen-bond acceptors (Lipinski definition) is 2. The zero-order chi connectivity index (χ0) is 21.1. The van der Waals surface area contributed by atoms with Crippen molar-refractivity contribution < 1.29 is 9.59 Å². The van der Waals surface area contributed by atoms with Gasteiger partial charge in [-0.2, -0.15) is 0 Å². The van der Waals surface area contributed by atoms with Crippen molar-refractivity contribution in [2.75, 3.05) is 14.1 Å². The van der Waals surface area contributed by atoms with E-state index in [2.05, 4.69) is 16.7 Å². The Morgan fingerprint density at radius 3 is 2.04 bits per heavy atom. The van der Waals surface area contributed by atoms with Gasteiger partial charge in [-0.25, -0.2) is 0 Å². The summed E-state index contributed by atoms with van der Waals surface area (Å²) in [4.78, 5) is 22.5. The van der Waals surface area contributed by atoms with E-state index in [0.29, 0.717) is 5.92 Å². The molecule has 0 aromatic heterocycles. The summed E-state index contributed by atoms with van der Waals surface area (Å²) in [6, 6.07) is 0. The first-order chi connectivity index (χ1) is 13.7. The highest BCUT2D eigenvalue weighted by molar-refractivity contribution is 5.96. The molecule has 0 heterocycles. The first kappa shape index (κ1) is 24.5. The number of rotatable bonds is 2. The molecule has 2 amide bonds. The van der Waals surface area contributed by atoms with E-state index in [-0.39, 0.29) is 11.8 Å². The minimum absolute atomic E-state index is 0.137. The van der Waals surface area contributed by atoms with Crippen LogP contribution in [-0.2, 0) is 9.59 Å². The summed E-state index contributed by atoms with van der Waals surface area (Å²) in [5.74, 6) is 2.39. The maximum absolute atomic E-state index is 11.3. The van der Waals surface area contributed by atoms with Gasteiger partial charge in [-0.05, 0) is 56.3 Å². The molecular weight excluding hydrogens is 348 g/mol. The van der Waals surface area contributed by atoms with Crippen LogP contribution in [0.25, 0.3) is 0 Å². The molecule has 0 spiro atoms. The van der Waals surface area contributed by atoms with E-state index >= 15 is 0 Å². The molecule has 0 bridgehead atoms. The summed E-state index contributed by atoms with van der Waals surface area (Å²) < 4.78 is 0. The van der Waals surface area contributed by atoms with Crippen LogP contribution in [0.3, 0.4) is 0 Å². The number of allylic oxidation sites excluding steroid dienone is 2. The number of hydrogen-bond donors (Lipinski definition) is 2. The number of nitrogens with one attached hydrogen (secondary N) is 2. The topological polar surface area (TPSA) is 58.2 Å². The van der Waals surface area contributed by atoms with Gasteiger partial charge in [0.1, 0.15) is 0 Å². The van der Waals surface area contributed by atoms with Gasteiger partial charge in [0.2, 0.25) is 11.8 Å². The highest BCUT2D eigenvalue weighted by Crippen LogP contribution is 2.45. The summed E-state index contributed by atoms with van der Waals surface area (Å²) in [7, 11) is 3.42. The van der Waals surface area contributed by atoms with Gasteiger partial charge in [0.05, 0.1) is 0 Å². The SMILES string of the molecule is CC.CC.CNC(=O)C1=C2CCCCC2C1.CNC(=O)C1=CC2CCCCC12. The third-order valence-corrected chi connectivity index (χ3v) is 6.18. The number of fused-ring (bicyclic) bond motifs is 2. The smallest absolute Gasteiger partial charge is 0.246 e. The van der Waals surface area contributed by atoms with Crippen LogP contribution in [0, 0.1) is 17.8 Å². The molecule has 4 rings (SSSR count). The molecule has 28 heavy (non-hydrogen) atoms. The molecule has 4 aliphatic rings. The highest BCUT2D eigenvalue weighted by Gasteiger charge is 2.37. The highest BCUT2D eigenvalue weighted by atomic mass is 16.2. The fraction of sp³-hybridized carbons (Fsp3) is 0.750. The Bertz CT molecular complexity index is 575. The van der Waals surface area contributed by atoms with Crippen molar-refractivity contribution in [1.29, 1.82) is 0 Å². The largest absolute Gasteiger partial charge is 0.355 e. The molecule has 0 radical (unpaired) electrons. The van der Waals surface area contributed by atoms with E-state index in [0.717, 1.165) is 29.4 Å². The lowest BCUT2D eigenvalue weighted by atomic mass is 9.66. The standard InChI is InChI=1S/2C10H15NO.2C2H6/c2*1-11-10(12)9-6-7-4-2-3-5-8(7)9;2*1-2/h7H,2-6H2,1H3,(H,11,12);6-8H,2-5H2,1H3,(H,11,12);2*1-2H3. The quantitative estimate of drug-likeness (QED) is 0.685. The van der Waals surface area contributed by atoms with Gasteiger partial charge in [0, 0.05) is 25.2 Å². The van der Waals surface area contributed by atoms with Crippen LogP contribution in [0.1, 0.15) is 85.5 Å². The third-order valence-electron chi connectivity index (χ3n) is 6.18. The normalized spacial score (nSPS) is 26.4. The molecule has 0 saturated heterocycles. The van der Waals surface area contributed by atoms with Gasteiger partial charge in [0.15, 0.2) is 0 Å². The van der Waals surface area contributed by atoms with Crippen LogP contribution in [0.4, 0.5) is 0 Å². The van der Waals surface area contributed by atoms with Crippen LogP contribution in [0.5, 0.6) is 0 Å². The zero-order valence-corrected chi connectivity index (χ0v) is 19.0. The minimum atomic E-state index is 0.137. The Labute approximate surface area is 172 Å². The second-order valence-electron chi connectivity index (χ2n) is 7.49. The Kier molecular flexibility index (Phi) is 11.2. The number of carbonyl (C=O) groups excluding carboxylic acids is 2. The number of likely N-dealkylation sites (N-methyl/N-ethyl adjacent to an activating group) is 2. The van der Waals surface area contributed by atoms with Crippen molar-refractivity contribution in [1.82, 2.24) is 10.6 Å². The Hall–Kier alpha value is -1.58. The molecule has 0 aromatic carbocycles. The molecule has 0 aromatic rings. The number of carbonyl (C=O) groups is 2. The van der Waals surface area contributed by atoms with Gasteiger partial charge in [-0.1, -0.05) is 58.6 Å². The molecule has 160 valence electrons. The van der Waals surface area contributed by atoms with Crippen molar-refractivity contribution in [3.8, 4) is 0 Å². The molecule has 4 heteroatoms. The lowest BCUT2D eigenvalue weighted by Gasteiger charge is -2.38. The van der Waals surface area contributed by atoms with Crippen LogP contribution in [-0.4, -0.2) is 25.9 Å². The predicted octanol–water partition coefficient (Wildman–Crippen LogP) is 5.15. The van der Waals surface area contributed by atoms with E-state index in [9.17, 15) is 9.59 Å². The van der Waals surface area contributed by atoms with Crippen molar-refractivity contribution in [3.05, 3.63) is 22.8 Å². The fourth-order valence-electron chi connectivity index (χ4n) is 4.71. The molecule has 4 aliphatic carbocycles. The summed E-state index contributed by atoms with van der Waals surface area (Å²) in [6.45, 7) is 8.00. The molecule has 2 fully saturated rings. The molecule has 2 saturated carbocycles. The second kappa shape index (κ2) is 12.8. The zero-order valence-electron chi connectivity index (χ0n) is 19.0. The second-order valence-corrected chi connectivity index (χ2v) is 7.49. The van der Waals surface area contributed by atoms with Crippen LogP contribution < -0.4 is 10.6 Å². The van der Waals surface area contributed by atoms with Gasteiger partial charge >= 0.3 is 0 Å². The van der Waals surface area contributed by atoms with Gasteiger partial charge in [0.25, 0.3) is 0 Å². The van der Waals surface area contributed by atoms with Gasteiger partial charge in [-0.3, -0.25) is 9.59 Å². The molecule has 0 aliphatic heterocycles. The summed E-state index contributed by atoms with van der Waals surface area (Å²) in [5, 5.41) is 5.40. The maximum Gasteiger partial charge on any atom is 0.246 e. The summed E-state index contributed by atoms with van der Waals surface area (Å²) in [5.41, 5.74) is 3.59. The van der Waals surface area contributed by atoms with Gasteiger partial charge < -0.3 is 10.6 Å². The van der Waals surface area contributed by atoms with Crippen molar-refractivity contribution in [3.63, 3.8) is 0 Å². The van der Waals surface area contributed by atoms with Crippen molar-refractivity contribution in [2.45, 2.75) is 85.5 Å². The fourth-order valence-corrected chi connectivity index (χ4v) is 4.71. The lowest BCUT2D eigenvalue weighted by Crippen LogP contribution is -2.36. The molecular formula is C24H42N2O2. The monoisotopic (exact) mass is 390 g/mol. The van der Waals surface area contributed by atoms with Gasteiger partial charge in [-0.15, -0.1) is 0 Å². The first-order valence-corrected chi connectivity index (χ1v) is 11.5. The number of amides is 2. The Morgan fingerprint density at radius 1 is 0.857 bits per heavy atom. The minimum Gasteiger partial charge on any atom is -0.355 e. The Morgan fingerprint density at radius 2 is 1.46 bits per heavy atom. The third kappa shape index (κ3) is 5.71. The molecule has 3 atom stereocenters. The average Bonchev–Trinajstić information content (AvgIpc) is 2.73.